The van der Waals surface area contributed by atoms with Crippen LogP contribution in [0.1, 0.15) is 26.2 Å². The fourth-order valence-electron chi connectivity index (χ4n) is 2.91. The number of hydrogen-bond donors (Lipinski definition) is 1. The zero-order chi connectivity index (χ0) is 11.1. The summed E-state index contributed by atoms with van der Waals surface area (Å²) in [6.45, 7) is 3.39. The second-order valence-electron chi connectivity index (χ2n) is 4.90. The van der Waals surface area contributed by atoms with E-state index in [1.807, 2.05) is 17.9 Å². The summed E-state index contributed by atoms with van der Waals surface area (Å²) in [5.74, 6) is 0.0663. The number of Topliss-reactive ketones (excluding diaryl/α,β-unsaturated/α-hetero) is 1. The van der Waals surface area contributed by atoms with Crippen LogP contribution >= 0.6 is 0 Å². The molecule has 4 nitrogen and oxygen atoms in total. The maximum atomic E-state index is 12.3. The highest BCUT2D eigenvalue weighted by molar-refractivity contribution is 5.95. The topological polar surface area (TPSA) is 64.3 Å². The third-order valence-electron chi connectivity index (χ3n) is 4.08. The predicted octanol–water partition coefficient (Wildman–Crippen LogP) is 0.316. The lowest BCUT2D eigenvalue weighted by Gasteiger charge is -2.55. The fourth-order valence-corrected chi connectivity index (χ4v) is 2.91. The Morgan fingerprint density at radius 3 is 2.60 bits per heavy atom. The first-order chi connectivity index (χ1) is 7.09. The van der Waals surface area contributed by atoms with E-state index in [2.05, 4.69) is 0 Å². The van der Waals surface area contributed by atoms with Crippen molar-refractivity contribution >= 4 is 5.78 Å². The summed E-state index contributed by atoms with van der Waals surface area (Å²) in [5.41, 5.74) is -1.21. The van der Waals surface area contributed by atoms with E-state index < -0.39 is 5.54 Å². The van der Waals surface area contributed by atoms with E-state index in [1.54, 1.807) is 0 Å². The van der Waals surface area contributed by atoms with Crippen molar-refractivity contribution in [2.24, 2.45) is 5.41 Å². The number of carbonyl (C=O) groups is 1. The van der Waals surface area contributed by atoms with Crippen LogP contribution in [0.2, 0.25) is 0 Å². The fraction of sp³-hybridized carbons (Fsp3) is 0.818. The van der Waals surface area contributed by atoms with Gasteiger partial charge >= 0.3 is 0 Å². The Bertz CT molecular complexity index is 326. The third kappa shape index (κ3) is 1.23. The maximum absolute atomic E-state index is 12.3. The van der Waals surface area contributed by atoms with Crippen LogP contribution in [0.3, 0.4) is 0 Å². The standard InChI is InChI=1S/C11H16N2O2/c1-10-3-6-13(7-4-10)11(8-14,2-5-12)9(10)15/h14H,2-4,6-8H2,1H3/t11-/m1/s1. The van der Waals surface area contributed by atoms with Crippen LogP contribution in [0.5, 0.6) is 0 Å². The molecular weight excluding hydrogens is 192 g/mol. The van der Waals surface area contributed by atoms with Crippen LogP contribution < -0.4 is 0 Å². The molecule has 4 heteroatoms. The Morgan fingerprint density at radius 1 is 1.53 bits per heavy atom. The normalized spacial score (nSPS) is 44.1. The maximum Gasteiger partial charge on any atom is 0.162 e. The van der Waals surface area contributed by atoms with Crippen LogP contribution in [0, 0.1) is 16.7 Å². The lowest BCUT2D eigenvalue weighted by molar-refractivity contribution is -0.162. The van der Waals surface area contributed by atoms with Gasteiger partial charge in [-0.2, -0.15) is 5.26 Å². The highest BCUT2D eigenvalue weighted by Crippen LogP contribution is 2.45. The van der Waals surface area contributed by atoms with Crippen molar-refractivity contribution < 1.29 is 9.90 Å². The Labute approximate surface area is 89.5 Å². The van der Waals surface area contributed by atoms with Crippen LogP contribution in [-0.4, -0.2) is 41.0 Å². The van der Waals surface area contributed by atoms with Crippen LogP contribution in [0.15, 0.2) is 0 Å². The number of aliphatic hydroxyl groups is 1. The second kappa shape index (κ2) is 3.29. The lowest BCUT2D eigenvalue weighted by Crippen LogP contribution is -2.69. The molecule has 0 aromatic heterocycles. The van der Waals surface area contributed by atoms with Gasteiger partial charge in [-0.15, -0.1) is 0 Å². The van der Waals surface area contributed by atoms with Crippen molar-refractivity contribution in [2.45, 2.75) is 31.7 Å². The smallest absolute Gasteiger partial charge is 0.162 e. The molecule has 15 heavy (non-hydrogen) atoms. The van der Waals surface area contributed by atoms with Gasteiger partial charge in [-0.25, -0.2) is 0 Å². The average molecular weight is 208 g/mol. The molecule has 3 aliphatic rings. The van der Waals surface area contributed by atoms with Gasteiger partial charge in [-0.05, 0) is 12.8 Å². The van der Waals surface area contributed by atoms with Gasteiger partial charge in [0.15, 0.2) is 5.78 Å². The summed E-state index contributed by atoms with van der Waals surface area (Å²) < 4.78 is 0. The van der Waals surface area contributed by atoms with E-state index in [4.69, 9.17) is 5.26 Å². The van der Waals surface area contributed by atoms with Gasteiger partial charge in [0.2, 0.25) is 0 Å². The largest absolute Gasteiger partial charge is 0.394 e. The molecule has 0 aromatic rings. The van der Waals surface area contributed by atoms with E-state index in [9.17, 15) is 9.90 Å². The highest BCUT2D eigenvalue weighted by atomic mass is 16.3. The Balaban J connectivity index is 2.40. The summed E-state index contributed by atoms with van der Waals surface area (Å²) in [4.78, 5) is 14.3. The van der Waals surface area contributed by atoms with Crippen molar-refractivity contribution in [3.63, 3.8) is 0 Å². The molecule has 0 spiro atoms. The van der Waals surface area contributed by atoms with E-state index in [1.165, 1.54) is 0 Å². The van der Waals surface area contributed by atoms with Gasteiger partial charge in [-0.1, -0.05) is 6.92 Å². The second-order valence-corrected chi connectivity index (χ2v) is 4.90. The molecule has 0 amide bonds. The molecule has 3 rings (SSSR count). The molecule has 0 unspecified atom stereocenters. The lowest BCUT2D eigenvalue weighted by atomic mass is 9.63. The summed E-state index contributed by atoms with van der Waals surface area (Å²) >= 11 is 0. The van der Waals surface area contributed by atoms with E-state index in [-0.39, 0.29) is 24.2 Å². The first kappa shape index (κ1) is 10.6. The van der Waals surface area contributed by atoms with E-state index in [0.29, 0.717) is 0 Å². The molecule has 0 aromatic carbocycles. The molecule has 0 radical (unpaired) electrons. The molecule has 1 N–H and O–H groups in total. The zero-order valence-electron chi connectivity index (χ0n) is 8.99. The number of carbonyl (C=O) groups excluding carboxylic acids is 1. The number of ketones is 1. The number of fused-ring (bicyclic) bond motifs is 3. The SMILES string of the molecule is CC12CCN(CC1)[C@@](CO)(CC#N)C2=O. The monoisotopic (exact) mass is 208 g/mol. The van der Waals surface area contributed by atoms with Gasteiger partial charge in [0.25, 0.3) is 0 Å². The van der Waals surface area contributed by atoms with Crippen molar-refractivity contribution in [3.05, 3.63) is 0 Å². The zero-order valence-corrected chi connectivity index (χ0v) is 8.99. The van der Waals surface area contributed by atoms with Crippen molar-refractivity contribution in [1.82, 2.24) is 4.90 Å². The van der Waals surface area contributed by atoms with Crippen LogP contribution in [0.25, 0.3) is 0 Å². The molecule has 2 bridgehead atoms. The summed E-state index contributed by atoms with van der Waals surface area (Å²) in [5, 5.41) is 18.3. The number of nitrogens with zero attached hydrogens (tertiary/aromatic N) is 2. The Hall–Kier alpha value is -0.920. The molecule has 3 aliphatic heterocycles. The molecule has 3 fully saturated rings. The molecule has 0 aliphatic carbocycles. The summed E-state index contributed by atoms with van der Waals surface area (Å²) in [6, 6.07) is 2.04. The highest BCUT2D eigenvalue weighted by Gasteiger charge is 2.57. The number of aliphatic hydroxyl groups excluding tert-OH is 1. The minimum atomic E-state index is -0.903. The minimum Gasteiger partial charge on any atom is -0.394 e. The van der Waals surface area contributed by atoms with Gasteiger partial charge in [0.1, 0.15) is 5.54 Å². The van der Waals surface area contributed by atoms with E-state index in [0.717, 1.165) is 25.9 Å². The van der Waals surface area contributed by atoms with Crippen LogP contribution in [-0.2, 0) is 4.79 Å². The predicted molar refractivity (Wildman–Crippen MR) is 54.0 cm³/mol. The quantitative estimate of drug-likeness (QED) is 0.709. The van der Waals surface area contributed by atoms with Crippen molar-refractivity contribution in [2.75, 3.05) is 19.7 Å². The first-order valence-corrected chi connectivity index (χ1v) is 5.37. The third-order valence-corrected chi connectivity index (χ3v) is 4.08. The van der Waals surface area contributed by atoms with Gasteiger partial charge in [0, 0.05) is 18.5 Å². The minimum absolute atomic E-state index is 0.0663. The Kier molecular flexibility index (Phi) is 2.32. The summed E-state index contributed by atoms with van der Waals surface area (Å²) in [6.07, 6.45) is 1.83. The molecular formula is C11H16N2O2. The molecule has 82 valence electrons. The van der Waals surface area contributed by atoms with Gasteiger partial charge in [-0.3, -0.25) is 9.69 Å². The first-order valence-electron chi connectivity index (χ1n) is 5.37. The van der Waals surface area contributed by atoms with Gasteiger partial charge < -0.3 is 5.11 Å². The van der Waals surface area contributed by atoms with E-state index >= 15 is 0 Å². The molecule has 3 heterocycles. The van der Waals surface area contributed by atoms with Gasteiger partial charge in [0.05, 0.1) is 19.1 Å². The Morgan fingerprint density at radius 2 is 2.13 bits per heavy atom. The number of rotatable bonds is 2. The number of piperidine rings is 3. The number of hydrogen-bond acceptors (Lipinski definition) is 4. The van der Waals surface area contributed by atoms with Crippen molar-refractivity contribution in [1.29, 1.82) is 5.26 Å². The number of nitriles is 1. The molecule has 0 saturated carbocycles. The molecule has 1 atom stereocenters. The van der Waals surface area contributed by atoms with Crippen molar-refractivity contribution in [3.8, 4) is 6.07 Å². The molecule has 3 saturated heterocycles. The average Bonchev–Trinajstić information content (AvgIpc) is 2.25. The summed E-state index contributed by atoms with van der Waals surface area (Å²) in [7, 11) is 0. The van der Waals surface area contributed by atoms with Crippen LogP contribution in [0.4, 0.5) is 0 Å².